The van der Waals surface area contributed by atoms with Gasteiger partial charge in [0.2, 0.25) is 5.89 Å². The summed E-state index contributed by atoms with van der Waals surface area (Å²) in [4.78, 5) is 17.2. The number of aromatic nitrogens is 3. The highest BCUT2D eigenvalue weighted by atomic mass is 19.3. The Bertz CT molecular complexity index is 1090. The van der Waals surface area contributed by atoms with Crippen molar-refractivity contribution in [2.75, 3.05) is 7.11 Å². The van der Waals surface area contributed by atoms with E-state index >= 15 is 0 Å². The van der Waals surface area contributed by atoms with E-state index in [1.165, 1.54) is 6.20 Å². The molecule has 1 aliphatic carbocycles. The van der Waals surface area contributed by atoms with E-state index in [0.717, 1.165) is 11.3 Å². The first-order chi connectivity index (χ1) is 14.0. The van der Waals surface area contributed by atoms with Gasteiger partial charge in [-0.3, -0.25) is 9.78 Å². The summed E-state index contributed by atoms with van der Waals surface area (Å²) in [5.74, 6) is -0.204. The van der Waals surface area contributed by atoms with Crippen molar-refractivity contribution in [1.82, 2.24) is 15.2 Å². The lowest BCUT2D eigenvalue weighted by Gasteiger charge is -2.16. The van der Waals surface area contributed by atoms with Crippen molar-refractivity contribution < 1.29 is 22.7 Å². The first-order valence-corrected chi connectivity index (χ1v) is 9.02. The van der Waals surface area contributed by atoms with Crippen LogP contribution in [0.2, 0.25) is 0 Å². The second kappa shape index (κ2) is 7.90. The molecule has 0 amide bonds. The van der Waals surface area contributed by atoms with E-state index in [1.54, 1.807) is 13.2 Å². The van der Waals surface area contributed by atoms with Gasteiger partial charge in [0.1, 0.15) is 5.75 Å². The molecule has 8 heteroatoms. The maximum atomic E-state index is 12.9. The molecule has 29 heavy (non-hydrogen) atoms. The van der Waals surface area contributed by atoms with Crippen molar-refractivity contribution in [3.8, 4) is 17.2 Å². The summed E-state index contributed by atoms with van der Waals surface area (Å²) in [7, 11) is 1.61. The molecule has 0 atom stereocenters. The average Bonchev–Trinajstić information content (AvgIpc) is 3.24. The number of nitrogens with zero attached hydrogens (tertiary/aromatic N) is 3. The third-order valence-corrected chi connectivity index (χ3v) is 4.74. The molecule has 148 valence electrons. The molecule has 0 aliphatic heterocycles. The molecule has 0 unspecified atom stereocenters. The monoisotopic (exact) mass is 397 g/mol. The zero-order valence-electron chi connectivity index (χ0n) is 15.6. The largest absolute Gasteiger partial charge is 0.497 e. The molecule has 2 aromatic heterocycles. The second-order valence-electron chi connectivity index (χ2n) is 6.58. The van der Waals surface area contributed by atoms with E-state index in [1.807, 2.05) is 30.3 Å². The number of allylic oxidation sites excluding steroid dienone is 2. The van der Waals surface area contributed by atoms with Crippen LogP contribution in [0.1, 0.15) is 40.4 Å². The van der Waals surface area contributed by atoms with Gasteiger partial charge in [0.25, 0.3) is 5.89 Å². The molecule has 0 fully saturated rings. The van der Waals surface area contributed by atoms with Crippen LogP contribution < -0.4 is 4.74 Å². The smallest absolute Gasteiger partial charge is 0.314 e. The number of halogens is 2. The van der Waals surface area contributed by atoms with Crippen LogP contribution in [0.4, 0.5) is 8.78 Å². The van der Waals surface area contributed by atoms with E-state index < -0.39 is 12.3 Å². The van der Waals surface area contributed by atoms with Gasteiger partial charge >= 0.3 is 6.43 Å². The van der Waals surface area contributed by atoms with E-state index in [2.05, 4.69) is 15.2 Å². The lowest BCUT2D eigenvalue weighted by atomic mass is 9.89. The number of carbonyl (C=O) groups excluding carboxylic acids is 1. The molecule has 1 aliphatic rings. The Morgan fingerprint density at radius 1 is 1.21 bits per heavy atom. The molecule has 0 saturated carbocycles. The highest BCUT2D eigenvalue weighted by molar-refractivity contribution is 6.10. The molecule has 0 spiro atoms. The van der Waals surface area contributed by atoms with Crippen molar-refractivity contribution >= 4 is 5.78 Å². The van der Waals surface area contributed by atoms with Crippen LogP contribution in [0.15, 0.2) is 52.6 Å². The Labute approximate surface area is 165 Å². The zero-order chi connectivity index (χ0) is 20.4. The minimum absolute atomic E-state index is 0.0871. The molecule has 2 heterocycles. The number of pyridine rings is 1. The summed E-state index contributed by atoms with van der Waals surface area (Å²) < 4.78 is 35.5. The number of rotatable bonds is 6. The molecule has 3 aromatic rings. The number of carbonyl (C=O) groups is 1. The Morgan fingerprint density at radius 3 is 2.83 bits per heavy atom. The van der Waals surface area contributed by atoms with E-state index in [4.69, 9.17) is 9.15 Å². The Kier molecular flexibility index (Phi) is 5.16. The Balaban J connectivity index is 1.53. The van der Waals surface area contributed by atoms with Crippen molar-refractivity contribution in [1.29, 1.82) is 0 Å². The van der Waals surface area contributed by atoms with Crippen molar-refractivity contribution in [2.45, 2.75) is 25.7 Å². The standard InChI is InChI=1S/C21H17F2N3O3/c1-28-15-4-2-3-12(9-15)5-6-13-7-8-17-16(18(13)27)10-14(11-24-17)20-25-26-21(29-20)19(22)23/h2-4,7,9-11,19H,5-6,8H2,1H3. The number of methoxy groups -OCH3 is 1. The van der Waals surface area contributed by atoms with Crippen LogP contribution in [-0.4, -0.2) is 28.1 Å². The summed E-state index contributed by atoms with van der Waals surface area (Å²) in [6.07, 6.45) is 2.28. The summed E-state index contributed by atoms with van der Waals surface area (Å²) in [5, 5.41) is 6.93. The summed E-state index contributed by atoms with van der Waals surface area (Å²) in [5.41, 5.74) is 3.17. The number of Topliss-reactive ketones (excluding diaryl/α,β-unsaturated/α-hetero) is 1. The minimum Gasteiger partial charge on any atom is -0.497 e. The van der Waals surface area contributed by atoms with Crippen molar-refractivity contribution in [3.63, 3.8) is 0 Å². The third-order valence-electron chi connectivity index (χ3n) is 4.74. The van der Waals surface area contributed by atoms with Crippen LogP contribution in [0, 0.1) is 0 Å². The molecule has 0 bridgehead atoms. The van der Waals surface area contributed by atoms with Gasteiger partial charge < -0.3 is 9.15 Å². The average molecular weight is 397 g/mol. The number of aryl methyl sites for hydroxylation is 1. The lowest BCUT2D eigenvalue weighted by Crippen LogP contribution is -2.14. The molecule has 1 aromatic carbocycles. The maximum Gasteiger partial charge on any atom is 0.314 e. The van der Waals surface area contributed by atoms with Gasteiger partial charge in [-0.05, 0) is 42.2 Å². The number of hydrogen-bond donors (Lipinski definition) is 0. The lowest BCUT2D eigenvalue weighted by molar-refractivity contribution is 0.102. The third kappa shape index (κ3) is 3.91. The first kappa shape index (κ1) is 18.9. The van der Waals surface area contributed by atoms with Crippen LogP contribution in [0.3, 0.4) is 0 Å². The van der Waals surface area contributed by atoms with Crippen molar-refractivity contribution in [2.24, 2.45) is 0 Å². The molecule has 6 nitrogen and oxygen atoms in total. The summed E-state index contributed by atoms with van der Waals surface area (Å²) >= 11 is 0. The molecule has 4 rings (SSSR count). The fourth-order valence-electron chi connectivity index (χ4n) is 3.22. The van der Waals surface area contributed by atoms with E-state index in [9.17, 15) is 13.6 Å². The highest BCUT2D eigenvalue weighted by Crippen LogP contribution is 2.28. The van der Waals surface area contributed by atoms with Gasteiger partial charge in [0.05, 0.1) is 18.4 Å². The number of benzene rings is 1. The fourth-order valence-corrected chi connectivity index (χ4v) is 3.22. The van der Waals surface area contributed by atoms with Crippen LogP contribution in [0.25, 0.3) is 11.5 Å². The SMILES string of the molecule is COc1cccc(CCC2=CCc3ncc(-c4nnc(C(F)F)o4)cc3C2=O)c1. The normalized spacial score (nSPS) is 13.4. The molecular formula is C21H17F2N3O3. The minimum atomic E-state index is -2.85. The second-order valence-corrected chi connectivity index (χ2v) is 6.58. The van der Waals surface area contributed by atoms with E-state index in [0.29, 0.717) is 41.7 Å². The number of hydrogen-bond acceptors (Lipinski definition) is 6. The first-order valence-electron chi connectivity index (χ1n) is 9.02. The maximum absolute atomic E-state index is 12.9. The van der Waals surface area contributed by atoms with Crippen LogP contribution in [-0.2, 0) is 12.8 Å². The van der Waals surface area contributed by atoms with Gasteiger partial charge in [0.15, 0.2) is 5.78 Å². The predicted octanol–water partition coefficient (Wildman–Crippen LogP) is 4.38. The van der Waals surface area contributed by atoms with Crippen molar-refractivity contribution in [3.05, 3.63) is 70.9 Å². The van der Waals surface area contributed by atoms with Crippen LogP contribution in [0.5, 0.6) is 5.75 Å². The number of ether oxygens (including phenoxy) is 1. The van der Waals surface area contributed by atoms with Gasteiger partial charge in [-0.25, -0.2) is 0 Å². The number of alkyl halides is 2. The Morgan fingerprint density at radius 2 is 2.07 bits per heavy atom. The topological polar surface area (TPSA) is 78.1 Å². The predicted molar refractivity (Wildman–Crippen MR) is 99.9 cm³/mol. The zero-order valence-corrected chi connectivity index (χ0v) is 15.6. The highest BCUT2D eigenvalue weighted by Gasteiger charge is 2.24. The van der Waals surface area contributed by atoms with E-state index in [-0.39, 0.29) is 11.7 Å². The fraction of sp³-hybridized carbons (Fsp3) is 0.238. The Hall–Kier alpha value is -3.42. The van der Waals surface area contributed by atoms with Gasteiger partial charge in [-0.15, -0.1) is 10.2 Å². The van der Waals surface area contributed by atoms with Crippen LogP contribution >= 0.6 is 0 Å². The molecule has 0 radical (unpaired) electrons. The molecule has 0 saturated heterocycles. The quantitative estimate of drug-likeness (QED) is 0.614. The van der Waals surface area contributed by atoms with Gasteiger partial charge in [-0.2, -0.15) is 8.78 Å². The number of fused-ring (bicyclic) bond motifs is 1. The summed E-state index contributed by atoms with van der Waals surface area (Å²) in [6.45, 7) is 0. The van der Waals surface area contributed by atoms with Gasteiger partial charge in [-0.1, -0.05) is 18.2 Å². The molecular weight excluding hydrogens is 380 g/mol. The molecule has 0 N–H and O–H groups in total. The number of ketones is 1. The summed E-state index contributed by atoms with van der Waals surface area (Å²) in [6, 6.07) is 9.29. The van der Waals surface area contributed by atoms with Gasteiger partial charge in [0, 0.05) is 18.2 Å².